The number of carboxylic acid groups (broad SMARTS) is 1. The fourth-order valence-electron chi connectivity index (χ4n) is 4.19. The summed E-state index contributed by atoms with van der Waals surface area (Å²) in [4.78, 5) is 10.6. The number of carbonyl (C=O) groups is 1. The van der Waals surface area contributed by atoms with Crippen molar-refractivity contribution in [3.63, 3.8) is 0 Å². The monoisotopic (exact) mass is 400 g/mol. The molecule has 0 saturated heterocycles. The lowest BCUT2D eigenvalue weighted by atomic mass is 9.97. The summed E-state index contributed by atoms with van der Waals surface area (Å²) in [5, 5.41) is 29.5. The van der Waals surface area contributed by atoms with E-state index in [1.54, 1.807) is 0 Å². The number of aliphatic hydroxyl groups is 2. The highest BCUT2D eigenvalue weighted by atomic mass is 16.4. The first-order valence-electron chi connectivity index (χ1n) is 10.9. The second-order valence-electron chi connectivity index (χ2n) is 8.39. The van der Waals surface area contributed by atoms with Gasteiger partial charge in [-0.1, -0.05) is 60.6 Å². The SMILES string of the molecule is CC/C(=C\[C@H]1C[C@@H](O)[C@H](/C=C/[C@H](O)Cc2cccc(C)c2)C1)CCCCC(=O)O. The van der Waals surface area contributed by atoms with Gasteiger partial charge in [-0.05, 0) is 56.9 Å². The summed E-state index contributed by atoms with van der Waals surface area (Å²) >= 11 is 0. The Morgan fingerprint density at radius 3 is 2.69 bits per heavy atom. The zero-order valence-corrected chi connectivity index (χ0v) is 17.8. The molecule has 4 heteroatoms. The number of carboxylic acids is 1. The molecule has 1 aliphatic carbocycles. The maximum Gasteiger partial charge on any atom is 0.303 e. The molecule has 1 aromatic rings. The van der Waals surface area contributed by atoms with Crippen LogP contribution in [-0.2, 0) is 11.2 Å². The second-order valence-corrected chi connectivity index (χ2v) is 8.39. The Bertz CT molecular complexity index is 707. The molecule has 160 valence electrons. The summed E-state index contributed by atoms with van der Waals surface area (Å²) in [6.07, 6.45) is 11.2. The van der Waals surface area contributed by atoms with Crippen LogP contribution in [0.5, 0.6) is 0 Å². The quantitative estimate of drug-likeness (QED) is 0.367. The normalized spacial score (nSPS) is 23.6. The topological polar surface area (TPSA) is 77.8 Å². The molecular formula is C25H36O4. The molecule has 3 N–H and O–H groups in total. The van der Waals surface area contributed by atoms with Gasteiger partial charge in [0.05, 0.1) is 12.2 Å². The molecule has 0 spiro atoms. The van der Waals surface area contributed by atoms with E-state index in [-0.39, 0.29) is 18.4 Å². The van der Waals surface area contributed by atoms with E-state index in [1.807, 2.05) is 37.3 Å². The molecular weight excluding hydrogens is 364 g/mol. The van der Waals surface area contributed by atoms with Crippen LogP contribution in [0.15, 0.2) is 48.1 Å². The summed E-state index contributed by atoms with van der Waals surface area (Å²) in [5.74, 6) is -0.304. The number of hydrogen-bond donors (Lipinski definition) is 3. The highest BCUT2D eigenvalue weighted by Crippen LogP contribution is 2.35. The lowest BCUT2D eigenvalue weighted by Crippen LogP contribution is -2.12. The number of aliphatic hydroxyl groups excluding tert-OH is 2. The fraction of sp³-hybridized carbons (Fsp3) is 0.560. The lowest BCUT2D eigenvalue weighted by molar-refractivity contribution is -0.137. The predicted octanol–water partition coefficient (Wildman–Crippen LogP) is 4.82. The minimum atomic E-state index is -0.731. The van der Waals surface area contributed by atoms with Gasteiger partial charge in [-0.25, -0.2) is 0 Å². The van der Waals surface area contributed by atoms with Crippen LogP contribution in [0.25, 0.3) is 0 Å². The average Bonchev–Trinajstić information content (AvgIpc) is 3.01. The Labute approximate surface area is 175 Å². The van der Waals surface area contributed by atoms with Crippen LogP contribution in [0.3, 0.4) is 0 Å². The zero-order valence-electron chi connectivity index (χ0n) is 17.8. The first-order chi connectivity index (χ1) is 13.9. The van der Waals surface area contributed by atoms with Crippen molar-refractivity contribution >= 4 is 5.97 Å². The van der Waals surface area contributed by atoms with Crippen molar-refractivity contribution in [1.29, 1.82) is 0 Å². The van der Waals surface area contributed by atoms with Crippen LogP contribution >= 0.6 is 0 Å². The molecule has 4 nitrogen and oxygen atoms in total. The van der Waals surface area contributed by atoms with E-state index in [0.29, 0.717) is 18.8 Å². The van der Waals surface area contributed by atoms with Gasteiger partial charge in [0.1, 0.15) is 0 Å². The Morgan fingerprint density at radius 1 is 1.24 bits per heavy atom. The van der Waals surface area contributed by atoms with Gasteiger partial charge in [-0.15, -0.1) is 0 Å². The van der Waals surface area contributed by atoms with E-state index in [1.165, 1.54) is 11.1 Å². The molecule has 0 radical (unpaired) electrons. The van der Waals surface area contributed by atoms with E-state index in [0.717, 1.165) is 37.7 Å². The van der Waals surface area contributed by atoms with Gasteiger partial charge >= 0.3 is 5.97 Å². The third kappa shape index (κ3) is 8.55. The Kier molecular flexibility index (Phi) is 9.62. The molecule has 1 aromatic carbocycles. The molecule has 0 heterocycles. The van der Waals surface area contributed by atoms with Crippen molar-refractivity contribution in [2.24, 2.45) is 11.8 Å². The number of aryl methyl sites for hydroxylation is 1. The van der Waals surface area contributed by atoms with Gasteiger partial charge < -0.3 is 15.3 Å². The van der Waals surface area contributed by atoms with E-state index < -0.39 is 12.1 Å². The molecule has 29 heavy (non-hydrogen) atoms. The van der Waals surface area contributed by atoms with Gasteiger partial charge in [-0.3, -0.25) is 4.79 Å². The van der Waals surface area contributed by atoms with Crippen LogP contribution in [0.2, 0.25) is 0 Å². The Balaban J connectivity index is 1.84. The molecule has 0 aliphatic heterocycles. The summed E-state index contributed by atoms with van der Waals surface area (Å²) in [6.45, 7) is 4.18. The molecule has 0 bridgehead atoms. The number of hydrogen-bond acceptors (Lipinski definition) is 3. The van der Waals surface area contributed by atoms with Gasteiger partial charge in [0.15, 0.2) is 0 Å². The van der Waals surface area contributed by atoms with Gasteiger partial charge in [0, 0.05) is 18.8 Å². The Hall–Kier alpha value is -1.91. The summed E-state index contributed by atoms with van der Waals surface area (Å²) in [6, 6.07) is 8.17. The van der Waals surface area contributed by atoms with Crippen LogP contribution in [-0.4, -0.2) is 33.5 Å². The Morgan fingerprint density at radius 2 is 2.00 bits per heavy atom. The summed E-state index contributed by atoms with van der Waals surface area (Å²) in [5.41, 5.74) is 3.66. The standard InChI is InChI=1S/C25H36O4/c1-3-19(8-4-5-10-25(28)29)14-21-15-22(24(27)17-21)11-12-23(26)16-20-9-6-7-18(2)13-20/h6-7,9,11-14,21-24,26-27H,3-5,8,10,15-17H2,1-2H3,(H,28,29)/b12-11+,19-14+/t21-,22-,23+,24-/m1/s1. The lowest BCUT2D eigenvalue weighted by Gasteiger charge is -2.11. The molecule has 1 fully saturated rings. The second kappa shape index (κ2) is 11.9. The maximum absolute atomic E-state index is 10.6. The number of benzene rings is 1. The number of allylic oxidation sites excluding steroid dienone is 2. The third-order valence-electron chi connectivity index (χ3n) is 5.79. The zero-order chi connectivity index (χ0) is 21.2. The smallest absolute Gasteiger partial charge is 0.303 e. The van der Waals surface area contributed by atoms with E-state index in [2.05, 4.69) is 19.1 Å². The van der Waals surface area contributed by atoms with E-state index >= 15 is 0 Å². The fourth-order valence-corrected chi connectivity index (χ4v) is 4.19. The van der Waals surface area contributed by atoms with Crippen molar-refractivity contribution in [2.45, 2.75) is 77.4 Å². The first kappa shape index (κ1) is 23.4. The maximum atomic E-state index is 10.6. The first-order valence-corrected chi connectivity index (χ1v) is 10.9. The van der Waals surface area contributed by atoms with E-state index in [9.17, 15) is 15.0 Å². The molecule has 2 rings (SSSR count). The molecule has 4 atom stereocenters. The van der Waals surface area contributed by atoms with Crippen molar-refractivity contribution in [2.75, 3.05) is 0 Å². The van der Waals surface area contributed by atoms with Crippen molar-refractivity contribution in [1.82, 2.24) is 0 Å². The molecule has 1 aliphatic rings. The van der Waals surface area contributed by atoms with Crippen molar-refractivity contribution < 1.29 is 20.1 Å². The molecule has 1 saturated carbocycles. The van der Waals surface area contributed by atoms with Gasteiger partial charge in [0.25, 0.3) is 0 Å². The van der Waals surface area contributed by atoms with Crippen LogP contribution in [0.4, 0.5) is 0 Å². The highest BCUT2D eigenvalue weighted by molar-refractivity contribution is 5.66. The number of aliphatic carboxylic acids is 1. The number of unbranched alkanes of at least 4 members (excludes halogenated alkanes) is 1. The molecule has 0 aromatic heterocycles. The third-order valence-corrected chi connectivity index (χ3v) is 5.79. The largest absolute Gasteiger partial charge is 0.481 e. The summed E-state index contributed by atoms with van der Waals surface area (Å²) in [7, 11) is 0. The minimum Gasteiger partial charge on any atom is -0.481 e. The highest BCUT2D eigenvalue weighted by Gasteiger charge is 2.30. The number of rotatable bonds is 11. The van der Waals surface area contributed by atoms with Crippen LogP contribution < -0.4 is 0 Å². The van der Waals surface area contributed by atoms with Crippen molar-refractivity contribution in [3.05, 3.63) is 59.2 Å². The predicted molar refractivity (Wildman–Crippen MR) is 117 cm³/mol. The average molecular weight is 401 g/mol. The van der Waals surface area contributed by atoms with Crippen LogP contribution in [0, 0.1) is 18.8 Å². The summed E-state index contributed by atoms with van der Waals surface area (Å²) < 4.78 is 0. The molecule has 0 amide bonds. The van der Waals surface area contributed by atoms with E-state index in [4.69, 9.17) is 5.11 Å². The van der Waals surface area contributed by atoms with Gasteiger partial charge in [0.2, 0.25) is 0 Å². The van der Waals surface area contributed by atoms with Gasteiger partial charge in [-0.2, -0.15) is 0 Å². The van der Waals surface area contributed by atoms with Crippen molar-refractivity contribution in [3.8, 4) is 0 Å². The van der Waals surface area contributed by atoms with Crippen LogP contribution in [0.1, 0.15) is 63.0 Å². The molecule has 0 unspecified atom stereocenters. The minimum absolute atomic E-state index is 0.0773.